The molecule has 2 heterocycles. The number of piperidine rings is 1. The molecule has 1 amide bonds. The zero-order chi connectivity index (χ0) is 15.8. The number of nitrogens with zero attached hydrogens (tertiary/aromatic N) is 4. The fraction of sp³-hybridized carbons (Fsp3) is 0.769. The van der Waals surface area contributed by atoms with Crippen LogP contribution in [0.3, 0.4) is 0 Å². The molecule has 1 saturated heterocycles. The highest BCUT2D eigenvalue weighted by Gasteiger charge is 2.37. The van der Waals surface area contributed by atoms with Gasteiger partial charge in [-0.1, -0.05) is 13.8 Å². The fourth-order valence-corrected chi connectivity index (χ4v) is 4.26. The summed E-state index contributed by atoms with van der Waals surface area (Å²) in [4.78, 5) is 14.2. The maximum Gasteiger partial charge on any atom is 0.250 e. The molecule has 0 saturated carbocycles. The van der Waals surface area contributed by atoms with E-state index in [0.717, 1.165) is 6.42 Å². The Balaban J connectivity index is 2.21. The van der Waals surface area contributed by atoms with Gasteiger partial charge in [-0.2, -0.15) is 0 Å². The molecular weight excluding hydrogens is 292 g/mol. The Morgan fingerprint density at radius 3 is 2.38 bits per heavy atom. The van der Waals surface area contributed by atoms with E-state index >= 15 is 0 Å². The van der Waals surface area contributed by atoms with Crippen molar-refractivity contribution in [2.24, 2.45) is 18.9 Å². The molecule has 1 aliphatic rings. The number of rotatable bonds is 3. The van der Waals surface area contributed by atoms with Crippen LogP contribution in [-0.4, -0.2) is 52.3 Å². The van der Waals surface area contributed by atoms with Gasteiger partial charge in [-0.3, -0.25) is 4.79 Å². The van der Waals surface area contributed by atoms with Crippen molar-refractivity contribution in [3.05, 3.63) is 6.33 Å². The third-order valence-corrected chi connectivity index (χ3v) is 5.93. The van der Waals surface area contributed by atoms with Crippen molar-refractivity contribution in [2.75, 3.05) is 13.1 Å². The molecule has 1 fully saturated rings. The lowest BCUT2D eigenvalue weighted by atomic mass is 9.92. The summed E-state index contributed by atoms with van der Waals surface area (Å²) in [6.45, 7) is 6.82. The number of likely N-dealkylation sites (tertiary alicyclic amines) is 1. The van der Waals surface area contributed by atoms with E-state index in [1.165, 1.54) is 17.8 Å². The maximum absolute atomic E-state index is 12.5. The lowest BCUT2D eigenvalue weighted by molar-refractivity contribution is -0.133. The smallest absolute Gasteiger partial charge is 0.250 e. The number of hydrogen-bond acceptors (Lipinski definition) is 5. The molecule has 8 heteroatoms. The monoisotopic (exact) mass is 314 g/mol. The number of sulfone groups is 1. The van der Waals surface area contributed by atoms with Crippen molar-refractivity contribution < 1.29 is 13.2 Å². The third kappa shape index (κ3) is 3.09. The molecule has 3 atom stereocenters. The topological polar surface area (TPSA) is 85.2 Å². The summed E-state index contributed by atoms with van der Waals surface area (Å²) in [5.74, 6) is 0.432. The number of hydrogen-bond donors (Lipinski definition) is 0. The van der Waals surface area contributed by atoms with Crippen LogP contribution in [0.4, 0.5) is 0 Å². The van der Waals surface area contributed by atoms with Crippen LogP contribution >= 0.6 is 0 Å². The number of carbonyl (C=O) groups excluding carboxylic acids is 1. The predicted octanol–water partition coefficient (Wildman–Crippen LogP) is 0.482. The van der Waals surface area contributed by atoms with Crippen molar-refractivity contribution in [2.45, 2.75) is 37.6 Å². The second kappa shape index (κ2) is 5.75. The summed E-state index contributed by atoms with van der Waals surface area (Å²) in [5, 5.41) is 5.89. The minimum Gasteiger partial charge on any atom is -0.341 e. The van der Waals surface area contributed by atoms with E-state index in [1.807, 2.05) is 0 Å². The van der Waals surface area contributed by atoms with Crippen molar-refractivity contribution in [3.8, 4) is 0 Å². The number of amides is 1. The fourth-order valence-electron chi connectivity index (χ4n) is 2.92. The van der Waals surface area contributed by atoms with Crippen molar-refractivity contribution in [3.63, 3.8) is 0 Å². The lowest BCUT2D eigenvalue weighted by Gasteiger charge is -2.36. The quantitative estimate of drug-likeness (QED) is 0.810. The van der Waals surface area contributed by atoms with Gasteiger partial charge >= 0.3 is 0 Å². The van der Waals surface area contributed by atoms with Crippen LogP contribution in [0.1, 0.15) is 27.2 Å². The molecule has 0 bridgehead atoms. The molecule has 0 aliphatic carbocycles. The van der Waals surface area contributed by atoms with Crippen LogP contribution in [0.25, 0.3) is 0 Å². The van der Waals surface area contributed by atoms with Crippen LogP contribution in [0.15, 0.2) is 11.5 Å². The van der Waals surface area contributed by atoms with E-state index < -0.39 is 15.1 Å². The Morgan fingerprint density at radius 1 is 1.33 bits per heavy atom. The molecule has 1 aromatic heterocycles. The average molecular weight is 314 g/mol. The molecule has 1 aliphatic heterocycles. The minimum absolute atomic E-state index is 0.165. The largest absolute Gasteiger partial charge is 0.341 e. The molecule has 21 heavy (non-hydrogen) atoms. The van der Waals surface area contributed by atoms with Gasteiger partial charge in [0.15, 0.2) is 0 Å². The van der Waals surface area contributed by atoms with Gasteiger partial charge in [0.1, 0.15) is 11.6 Å². The number of aromatic nitrogens is 3. The van der Waals surface area contributed by atoms with Gasteiger partial charge in [-0.25, -0.2) is 8.42 Å². The van der Waals surface area contributed by atoms with E-state index in [4.69, 9.17) is 0 Å². The SMILES string of the molecule is C[C@@H]1C[C@@H](C)CN(C(=O)[C@H](C)S(=O)(=O)c2nncn2C)C1. The van der Waals surface area contributed by atoms with Crippen LogP contribution in [0, 0.1) is 11.8 Å². The van der Waals surface area contributed by atoms with Gasteiger partial charge in [0.25, 0.3) is 0 Å². The maximum atomic E-state index is 12.5. The van der Waals surface area contributed by atoms with Crippen molar-refractivity contribution in [1.29, 1.82) is 0 Å². The highest BCUT2D eigenvalue weighted by molar-refractivity contribution is 7.92. The molecule has 1 aromatic rings. The lowest BCUT2D eigenvalue weighted by Crippen LogP contribution is -2.48. The van der Waals surface area contributed by atoms with Gasteiger partial charge in [0.05, 0.1) is 0 Å². The number of aryl methyl sites for hydroxylation is 1. The number of carbonyl (C=O) groups is 1. The molecular formula is C13H22N4O3S. The summed E-state index contributed by atoms with van der Waals surface area (Å²) < 4.78 is 26.3. The van der Waals surface area contributed by atoms with Crippen LogP contribution in [-0.2, 0) is 21.7 Å². The van der Waals surface area contributed by atoms with Gasteiger partial charge < -0.3 is 9.47 Å². The van der Waals surface area contributed by atoms with Gasteiger partial charge in [-0.05, 0) is 25.2 Å². The van der Waals surface area contributed by atoms with E-state index in [-0.39, 0.29) is 11.1 Å². The highest BCUT2D eigenvalue weighted by Crippen LogP contribution is 2.23. The Hall–Kier alpha value is -1.44. The summed E-state index contributed by atoms with van der Waals surface area (Å²) in [7, 11) is -2.26. The van der Waals surface area contributed by atoms with Crippen molar-refractivity contribution >= 4 is 15.7 Å². The second-order valence-corrected chi connectivity index (χ2v) is 8.26. The molecule has 0 spiro atoms. The highest BCUT2D eigenvalue weighted by atomic mass is 32.2. The first-order chi connectivity index (χ1) is 9.73. The van der Waals surface area contributed by atoms with Crippen LogP contribution < -0.4 is 0 Å². The third-order valence-electron chi connectivity index (χ3n) is 3.92. The van der Waals surface area contributed by atoms with Gasteiger partial charge in [-0.15, -0.1) is 10.2 Å². The first-order valence-corrected chi connectivity index (χ1v) is 8.64. The summed E-state index contributed by atoms with van der Waals surface area (Å²) in [5.41, 5.74) is 0. The van der Waals surface area contributed by atoms with Crippen LogP contribution in [0.5, 0.6) is 0 Å². The molecule has 118 valence electrons. The van der Waals surface area contributed by atoms with Crippen molar-refractivity contribution in [1.82, 2.24) is 19.7 Å². The Labute approximate surface area is 125 Å². The van der Waals surface area contributed by atoms with Crippen LogP contribution in [0.2, 0.25) is 0 Å². The summed E-state index contributed by atoms with van der Waals surface area (Å²) in [6, 6.07) is 0. The Bertz CT molecular complexity index is 615. The summed E-state index contributed by atoms with van der Waals surface area (Å²) >= 11 is 0. The molecule has 2 rings (SSSR count). The molecule has 7 nitrogen and oxygen atoms in total. The zero-order valence-electron chi connectivity index (χ0n) is 12.9. The first kappa shape index (κ1) is 15.9. The van der Waals surface area contributed by atoms with Gasteiger partial charge in [0.2, 0.25) is 20.9 Å². The molecule has 0 radical (unpaired) electrons. The van der Waals surface area contributed by atoms with Gasteiger partial charge in [0, 0.05) is 20.1 Å². The predicted molar refractivity (Wildman–Crippen MR) is 77.2 cm³/mol. The zero-order valence-corrected chi connectivity index (χ0v) is 13.7. The molecule has 0 N–H and O–H groups in total. The summed E-state index contributed by atoms with van der Waals surface area (Å²) in [6.07, 6.45) is 2.38. The average Bonchev–Trinajstić information content (AvgIpc) is 2.82. The Morgan fingerprint density at radius 2 is 1.90 bits per heavy atom. The van der Waals surface area contributed by atoms with E-state index in [9.17, 15) is 13.2 Å². The molecule has 0 aromatic carbocycles. The standard InChI is InChI=1S/C13H22N4O3S/c1-9-5-10(2)7-17(6-9)12(18)11(3)21(19,20)13-15-14-8-16(13)4/h8-11H,5-7H2,1-4H3/t9-,10-,11+/m1/s1. The first-order valence-electron chi connectivity index (χ1n) is 7.10. The second-order valence-electron chi connectivity index (χ2n) is 6.10. The van der Waals surface area contributed by atoms with E-state index in [1.54, 1.807) is 11.9 Å². The van der Waals surface area contributed by atoms with E-state index in [2.05, 4.69) is 24.0 Å². The normalized spacial score (nSPS) is 24.9. The molecule has 0 unspecified atom stereocenters. The van der Waals surface area contributed by atoms with E-state index in [0.29, 0.717) is 24.9 Å². The minimum atomic E-state index is -3.81. The Kier molecular flexibility index (Phi) is 4.36.